The molecule has 2 bridgehead atoms. The number of fused-ring (bicyclic) bond motifs is 1. The molecule has 0 saturated heterocycles. The van der Waals surface area contributed by atoms with Crippen LogP contribution in [0.1, 0.15) is 37.3 Å². The summed E-state index contributed by atoms with van der Waals surface area (Å²) >= 11 is 0. The number of hydrogen-bond acceptors (Lipinski definition) is 2. The molecule has 2 aromatic heterocycles. The van der Waals surface area contributed by atoms with Gasteiger partial charge >= 0.3 is 0 Å². The summed E-state index contributed by atoms with van der Waals surface area (Å²) in [6.45, 7) is 8.14. The van der Waals surface area contributed by atoms with Gasteiger partial charge in [0.25, 0.3) is 0 Å². The van der Waals surface area contributed by atoms with Crippen molar-refractivity contribution >= 4 is 23.5 Å². The van der Waals surface area contributed by atoms with Crippen LogP contribution >= 0.6 is 0 Å². The van der Waals surface area contributed by atoms with Crippen LogP contribution < -0.4 is 0 Å². The van der Waals surface area contributed by atoms with E-state index in [0.29, 0.717) is 17.7 Å². The first-order chi connectivity index (χ1) is 14.9. The molecule has 31 heavy (non-hydrogen) atoms. The van der Waals surface area contributed by atoms with Crippen LogP contribution in [0.3, 0.4) is 0 Å². The van der Waals surface area contributed by atoms with Gasteiger partial charge in [-0.1, -0.05) is 0 Å². The van der Waals surface area contributed by atoms with Crippen molar-refractivity contribution in [2.75, 3.05) is 0 Å². The summed E-state index contributed by atoms with van der Waals surface area (Å²) in [4.78, 5) is 16.9. The lowest BCUT2D eigenvalue weighted by Gasteiger charge is -2.70. The molecule has 3 saturated carbocycles. The molecule has 8 heteroatoms. The molecule has 1 amide bonds. The van der Waals surface area contributed by atoms with Crippen LogP contribution in [-0.2, 0) is 11.3 Å². The van der Waals surface area contributed by atoms with Crippen molar-refractivity contribution in [1.29, 1.82) is 0 Å². The number of halogens is 2. The van der Waals surface area contributed by atoms with Crippen LogP contribution in [0.2, 0.25) is 0 Å². The van der Waals surface area contributed by atoms with E-state index in [1.165, 1.54) is 17.1 Å². The van der Waals surface area contributed by atoms with Crippen molar-refractivity contribution in [3.63, 3.8) is 0 Å². The third-order valence-corrected chi connectivity index (χ3v) is 7.07. The Labute approximate surface area is 177 Å². The third kappa shape index (κ3) is 2.52. The summed E-state index contributed by atoms with van der Waals surface area (Å²) in [5.74, 6) is -1.36. The molecule has 1 unspecified atom stereocenters. The molecular weight excluding hydrogens is 400 g/mol. The van der Waals surface area contributed by atoms with E-state index in [0.717, 1.165) is 37.5 Å². The molecule has 3 aromatic rings. The molecule has 1 aliphatic heterocycles. The highest BCUT2D eigenvalue weighted by Gasteiger charge is 2.72. The predicted molar refractivity (Wildman–Crippen MR) is 109 cm³/mol. The summed E-state index contributed by atoms with van der Waals surface area (Å²) < 4.78 is 31.4. The number of nitrogens with zero attached hydrogens (tertiary/aromatic N) is 5. The minimum atomic E-state index is -0.652. The molecule has 6 nitrogen and oxygen atoms in total. The second kappa shape index (κ2) is 6.03. The maximum atomic E-state index is 13.7. The molecule has 1 atom stereocenters. The Balaban J connectivity index is 1.19. The lowest BCUT2D eigenvalue weighted by Crippen LogP contribution is -2.68. The number of benzene rings is 1. The quantitative estimate of drug-likeness (QED) is 0.566. The van der Waals surface area contributed by atoms with Gasteiger partial charge < -0.3 is 8.97 Å². The van der Waals surface area contributed by atoms with Gasteiger partial charge in [-0.05, 0) is 54.6 Å². The van der Waals surface area contributed by atoms with E-state index in [1.807, 2.05) is 29.1 Å². The Bertz CT molecular complexity index is 1270. The number of hydrogen-bond donors (Lipinski definition) is 0. The normalized spacial score (nSPS) is 28.4. The predicted octanol–water partition coefficient (Wildman–Crippen LogP) is 4.70. The van der Waals surface area contributed by atoms with E-state index in [1.54, 1.807) is 6.21 Å². The number of hydrazone groups is 1. The standard InChI is InChI=1S/C23H19F2N5O/c1-26-18-3-5-28-6-7-29(20(18)28)14-22-11-23(12-22,13-22)21(31)30-19(2-4-27-30)15-8-16(24)10-17(25)9-15/h3-10,19H,2,11-14H2. The average molecular weight is 419 g/mol. The largest absolute Gasteiger partial charge is 0.341 e. The summed E-state index contributed by atoms with van der Waals surface area (Å²) in [5, 5.41) is 5.68. The summed E-state index contributed by atoms with van der Waals surface area (Å²) in [5.41, 5.74) is 1.57. The van der Waals surface area contributed by atoms with E-state index in [-0.39, 0.29) is 11.3 Å². The Hall–Kier alpha value is -3.47. The molecule has 3 heterocycles. The summed E-state index contributed by atoms with van der Waals surface area (Å²) in [6, 6.07) is 4.73. The molecule has 156 valence electrons. The Morgan fingerprint density at radius 2 is 1.90 bits per heavy atom. The van der Waals surface area contributed by atoms with Gasteiger partial charge in [0.05, 0.1) is 18.0 Å². The van der Waals surface area contributed by atoms with Crippen molar-refractivity contribution in [3.05, 3.63) is 71.5 Å². The molecule has 0 N–H and O–H groups in total. The molecule has 3 fully saturated rings. The maximum absolute atomic E-state index is 13.7. The SMILES string of the molecule is [C-]#[N+]c1ccn2ccn(CC34CC(C(=O)N5N=CCC5c5cc(F)cc(F)c5)(C3)C4)c12. The number of imidazole rings is 1. The fourth-order valence-corrected chi connectivity index (χ4v) is 5.93. The first-order valence-electron chi connectivity index (χ1n) is 10.3. The maximum Gasteiger partial charge on any atom is 0.249 e. The molecule has 4 aliphatic rings. The Morgan fingerprint density at radius 1 is 1.16 bits per heavy atom. The lowest BCUT2D eigenvalue weighted by molar-refractivity contribution is -0.222. The van der Waals surface area contributed by atoms with E-state index in [4.69, 9.17) is 6.57 Å². The van der Waals surface area contributed by atoms with Crippen LogP contribution in [-0.4, -0.2) is 26.1 Å². The summed E-state index contributed by atoms with van der Waals surface area (Å²) in [7, 11) is 0. The van der Waals surface area contributed by atoms with Gasteiger partial charge in [-0.15, -0.1) is 0 Å². The highest BCUT2D eigenvalue weighted by atomic mass is 19.1. The fraction of sp³-hybridized carbons (Fsp3) is 0.348. The van der Waals surface area contributed by atoms with Crippen LogP contribution in [0.4, 0.5) is 14.5 Å². The molecular formula is C23H19F2N5O. The van der Waals surface area contributed by atoms with Crippen molar-refractivity contribution in [2.24, 2.45) is 15.9 Å². The zero-order valence-electron chi connectivity index (χ0n) is 16.6. The zero-order valence-corrected chi connectivity index (χ0v) is 16.6. The van der Waals surface area contributed by atoms with Crippen LogP contribution in [0.15, 0.2) is 48.0 Å². The van der Waals surface area contributed by atoms with Gasteiger partial charge in [0.2, 0.25) is 11.6 Å². The Morgan fingerprint density at radius 3 is 2.61 bits per heavy atom. The van der Waals surface area contributed by atoms with Gasteiger partial charge in [-0.25, -0.2) is 18.6 Å². The van der Waals surface area contributed by atoms with Crippen LogP contribution in [0.5, 0.6) is 0 Å². The first kappa shape index (κ1) is 18.3. The molecule has 1 aromatic carbocycles. The van der Waals surface area contributed by atoms with Crippen LogP contribution in [0, 0.1) is 29.0 Å². The van der Waals surface area contributed by atoms with Crippen molar-refractivity contribution in [3.8, 4) is 0 Å². The van der Waals surface area contributed by atoms with Crippen molar-refractivity contribution in [2.45, 2.75) is 38.3 Å². The van der Waals surface area contributed by atoms with Crippen molar-refractivity contribution in [1.82, 2.24) is 14.0 Å². The smallest absolute Gasteiger partial charge is 0.249 e. The second-order valence-electron chi connectivity index (χ2n) is 9.18. The number of rotatable bonds is 4. The van der Waals surface area contributed by atoms with Crippen LogP contribution in [0.25, 0.3) is 10.5 Å². The minimum absolute atomic E-state index is 0.0556. The molecule has 0 spiro atoms. The van der Waals surface area contributed by atoms with E-state index < -0.39 is 23.1 Å². The highest BCUT2D eigenvalue weighted by Crippen LogP contribution is 2.74. The van der Waals surface area contributed by atoms with Gasteiger partial charge in [0, 0.05) is 37.6 Å². The number of carbonyl (C=O) groups is 1. The third-order valence-electron chi connectivity index (χ3n) is 7.07. The minimum Gasteiger partial charge on any atom is -0.341 e. The number of carbonyl (C=O) groups excluding carboxylic acids is 1. The topological polar surface area (TPSA) is 46.4 Å². The second-order valence-corrected chi connectivity index (χ2v) is 9.18. The fourth-order valence-electron chi connectivity index (χ4n) is 5.93. The number of aromatic nitrogens is 2. The van der Waals surface area contributed by atoms with Gasteiger partial charge in [-0.3, -0.25) is 4.79 Å². The van der Waals surface area contributed by atoms with E-state index >= 15 is 0 Å². The van der Waals surface area contributed by atoms with E-state index in [2.05, 4.69) is 14.5 Å². The Kier molecular flexibility index (Phi) is 3.56. The average Bonchev–Trinajstić information content (AvgIpc) is 3.38. The first-order valence-corrected chi connectivity index (χ1v) is 10.3. The summed E-state index contributed by atoms with van der Waals surface area (Å²) in [6.07, 6.45) is 10.2. The molecule has 3 aliphatic carbocycles. The van der Waals surface area contributed by atoms with Gasteiger partial charge in [0.15, 0.2) is 0 Å². The van der Waals surface area contributed by atoms with Gasteiger partial charge in [-0.2, -0.15) is 5.10 Å². The molecule has 0 radical (unpaired) electrons. The van der Waals surface area contributed by atoms with Gasteiger partial charge in [0.1, 0.15) is 17.3 Å². The molecule has 7 rings (SSSR count). The number of amides is 1. The van der Waals surface area contributed by atoms with Crippen molar-refractivity contribution < 1.29 is 13.6 Å². The zero-order chi connectivity index (χ0) is 21.4. The lowest BCUT2D eigenvalue weighted by atomic mass is 9.34. The highest BCUT2D eigenvalue weighted by molar-refractivity contribution is 5.88. The van der Waals surface area contributed by atoms with E-state index in [9.17, 15) is 13.6 Å². The monoisotopic (exact) mass is 419 g/mol.